The number of halogens is 2. The first-order valence-corrected chi connectivity index (χ1v) is 13.3. The van der Waals surface area contributed by atoms with E-state index in [0.29, 0.717) is 6.54 Å². The maximum Gasteiger partial charge on any atom is 0.246 e. The average Bonchev–Trinajstić information content (AvgIpc) is 2.95. The van der Waals surface area contributed by atoms with Gasteiger partial charge in [-0.05, 0) is 54.2 Å². The van der Waals surface area contributed by atoms with E-state index in [1.807, 2.05) is 47.4 Å². The van der Waals surface area contributed by atoms with E-state index < -0.39 is 35.4 Å². The van der Waals surface area contributed by atoms with Crippen LogP contribution in [0, 0.1) is 17.6 Å². The third-order valence-electron chi connectivity index (χ3n) is 7.73. The van der Waals surface area contributed by atoms with E-state index in [-0.39, 0.29) is 36.4 Å². The third kappa shape index (κ3) is 5.85. The first kappa shape index (κ1) is 26.5. The fourth-order valence-corrected chi connectivity index (χ4v) is 5.70. The van der Waals surface area contributed by atoms with E-state index in [9.17, 15) is 23.2 Å². The number of nitrogens with one attached hydrogen (secondary N) is 2. The quantitative estimate of drug-likeness (QED) is 0.423. The van der Waals surface area contributed by atoms with Crippen LogP contribution in [0.5, 0.6) is 0 Å². The summed E-state index contributed by atoms with van der Waals surface area (Å²) in [5.74, 6) is -3.71. The van der Waals surface area contributed by atoms with Crippen molar-refractivity contribution in [3.05, 3.63) is 107 Å². The van der Waals surface area contributed by atoms with E-state index in [4.69, 9.17) is 0 Å². The highest BCUT2D eigenvalue weighted by Crippen LogP contribution is 2.46. The van der Waals surface area contributed by atoms with Gasteiger partial charge in [0.25, 0.3) is 0 Å². The minimum atomic E-state index is -1.12. The summed E-state index contributed by atoms with van der Waals surface area (Å²) >= 11 is 0. The predicted octanol–water partition coefficient (Wildman–Crippen LogP) is 4.41. The van der Waals surface area contributed by atoms with Gasteiger partial charge in [-0.2, -0.15) is 0 Å². The lowest BCUT2D eigenvalue weighted by molar-refractivity contribution is -0.143. The highest BCUT2D eigenvalue weighted by Gasteiger charge is 2.42. The molecule has 0 spiro atoms. The van der Waals surface area contributed by atoms with Crippen LogP contribution < -0.4 is 10.6 Å². The number of hydrogen-bond donors (Lipinski definition) is 2. The van der Waals surface area contributed by atoms with E-state index in [2.05, 4.69) is 22.8 Å². The average molecular weight is 532 g/mol. The molecule has 4 unspecified atom stereocenters. The van der Waals surface area contributed by atoms with Crippen LogP contribution in [0.2, 0.25) is 0 Å². The Hall–Kier alpha value is -4.07. The smallest absolute Gasteiger partial charge is 0.246 e. The van der Waals surface area contributed by atoms with Gasteiger partial charge in [0.2, 0.25) is 17.7 Å². The van der Waals surface area contributed by atoms with Crippen molar-refractivity contribution < 1.29 is 23.2 Å². The molecule has 3 aromatic rings. The zero-order valence-corrected chi connectivity index (χ0v) is 21.7. The van der Waals surface area contributed by atoms with E-state index in [1.54, 1.807) is 0 Å². The summed E-state index contributed by atoms with van der Waals surface area (Å²) in [5, 5.41) is 5.39. The van der Waals surface area contributed by atoms with Gasteiger partial charge in [-0.3, -0.25) is 14.4 Å². The Labute approximate surface area is 226 Å². The lowest BCUT2D eigenvalue weighted by atomic mass is 9.74. The number of nitrogens with zero attached hydrogens (tertiary/aromatic N) is 1. The standard InChI is InChI=1S/C31H31F2N3O3/c1-19(29(37)34-17-21-13-23(32)16-24(33)14-21)30(38)35-27(15-20-7-3-2-4-8-20)31(39)36-18-22-11-12-28(36)26-10-6-5-9-25(22)26/h2-10,13-14,16,19,22,27-28H,11-12,15,17-18H2,1H3,(H,34,37)(H,35,38). The molecule has 2 N–H and O–H groups in total. The molecule has 2 aliphatic heterocycles. The lowest BCUT2D eigenvalue weighted by Crippen LogP contribution is -2.55. The molecule has 3 aliphatic rings. The zero-order valence-electron chi connectivity index (χ0n) is 21.7. The number of hydrogen-bond acceptors (Lipinski definition) is 3. The molecule has 3 aromatic carbocycles. The Bertz CT molecular complexity index is 1360. The van der Waals surface area contributed by atoms with Crippen molar-refractivity contribution in [1.29, 1.82) is 0 Å². The zero-order chi connectivity index (χ0) is 27.5. The van der Waals surface area contributed by atoms with Crippen LogP contribution in [-0.2, 0) is 27.3 Å². The van der Waals surface area contributed by atoms with Crippen molar-refractivity contribution >= 4 is 17.7 Å². The van der Waals surface area contributed by atoms with Crippen LogP contribution in [0.3, 0.4) is 0 Å². The summed E-state index contributed by atoms with van der Waals surface area (Å²) in [6.07, 6.45) is 2.18. The summed E-state index contributed by atoms with van der Waals surface area (Å²) in [4.78, 5) is 41.7. The van der Waals surface area contributed by atoms with Crippen LogP contribution in [0.25, 0.3) is 0 Å². The monoisotopic (exact) mass is 531 g/mol. The minimum Gasteiger partial charge on any atom is -0.351 e. The fourth-order valence-electron chi connectivity index (χ4n) is 5.70. The van der Waals surface area contributed by atoms with Gasteiger partial charge in [0.05, 0.1) is 6.04 Å². The Morgan fingerprint density at radius 1 is 0.872 bits per heavy atom. The second kappa shape index (κ2) is 11.4. The first-order chi connectivity index (χ1) is 18.8. The highest BCUT2D eigenvalue weighted by molar-refractivity contribution is 6.01. The Kier molecular flexibility index (Phi) is 7.72. The Morgan fingerprint density at radius 3 is 2.26 bits per heavy atom. The molecule has 3 amide bonds. The molecule has 8 heteroatoms. The molecular formula is C31H31F2N3O3. The molecule has 6 nitrogen and oxygen atoms in total. The predicted molar refractivity (Wildman–Crippen MR) is 142 cm³/mol. The minimum absolute atomic E-state index is 0.0405. The molecule has 0 aromatic heterocycles. The summed E-state index contributed by atoms with van der Waals surface area (Å²) < 4.78 is 27.0. The van der Waals surface area contributed by atoms with Crippen LogP contribution in [0.4, 0.5) is 8.78 Å². The molecule has 39 heavy (non-hydrogen) atoms. The molecule has 2 bridgehead atoms. The van der Waals surface area contributed by atoms with Gasteiger partial charge in [0.15, 0.2) is 0 Å². The number of piperidine rings is 1. The molecular weight excluding hydrogens is 500 g/mol. The van der Waals surface area contributed by atoms with Gasteiger partial charge in [-0.1, -0.05) is 54.6 Å². The summed E-state index contributed by atoms with van der Waals surface area (Å²) in [7, 11) is 0. The number of amides is 3. The maximum absolute atomic E-state index is 13.9. The highest BCUT2D eigenvalue weighted by atomic mass is 19.1. The van der Waals surface area contributed by atoms with E-state index >= 15 is 0 Å². The molecule has 202 valence electrons. The van der Waals surface area contributed by atoms with Gasteiger partial charge in [-0.15, -0.1) is 0 Å². The second-order valence-corrected chi connectivity index (χ2v) is 10.4. The summed E-state index contributed by atoms with van der Waals surface area (Å²) in [6.45, 7) is 1.91. The van der Waals surface area contributed by atoms with Crippen LogP contribution in [-0.4, -0.2) is 35.2 Å². The summed E-state index contributed by atoms with van der Waals surface area (Å²) in [5.41, 5.74) is 3.60. The van der Waals surface area contributed by atoms with Gasteiger partial charge < -0.3 is 15.5 Å². The van der Waals surface area contributed by atoms with Crippen molar-refractivity contribution in [2.45, 2.75) is 50.7 Å². The van der Waals surface area contributed by atoms with Crippen molar-refractivity contribution in [2.75, 3.05) is 6.54 Å². The molecule has 1 saturated heterocycles. The maximum atomic E-state index is 13.9. The van der Waals surface area contributed by atoms with Crippen LogP contribution in [0.15, 0.2) is 72.8 Å². The van der Waals surface area contributed by atoms with Crippen LogP contribution in [0.1, 0.15) is 54.0 Å². The van der Waals surface area contributed by atoms with Crippen molar-refractivity contribution in [1.82, 2.24) is 15.5 Å². The van der Waals surface area contributed by atoms with Crippen LogP contribution >= 0.6 is 0 Å². The Balaban J connectivity index is 1.30. The number of fused-ring (bicyclic) bond motifs is 2. The molecule has 2 heterocycles. The van der Waals surface area contributed by atoms with Gasteiger partial charge in [0, 0.05) is 31.5 Å². The molecule has 0 radical (unpaired) electrons. The van der Waals surface area contributed by atoms with E-state index in [1.165, 1.54) is 18.1 Å². The van der Waals surface area contributed by atoms with E-state index in [0.717, 1.165) is 36.6 Å². The number of benzene rings is 3. The molecule has 4 atom stereocenters. The summed E-state index contributed by atoms with van der Waals surface area (Å²) in [6, 6.07) is 19.8. The number of rotatable bonds is 8. The number of carbonyl (C=O) groups excluding carboxylic acids is 3. The molecule has 1 aliphatic carbocycles. The SMILES string of the molecule is CC(C(=O)NCc1cc(F)cc(F)c1)C(=O)NC(Cc1ccccc1)C(=O)N1CC2CCC1c1ccccc12. The second-order valence-electron chi connectivity index (χ2n) is 10.4. The third-order valence-corrected chi connectivity index (χ3v) is 7.73. The largest absolute Gasteiger partial charge is 0.351 e. The topological polar surface area (TPSA) is 78.5 Å². The Morgan fingerprint density at radius 2 is 1.54 bits per heavy atom. The lowest BCUT2D eigenvalue weighted by Gasteiger charge is -2.47. The molecule has 6 rings (SSSR count). The number of carbonyl (C=O) groups is 3. The van der Waals surface area contributed by atoms with Gasteiger partial charge in [0.1, 0.15) is 23.6 Å². The fraction of sp³-hybridized carbons (Fsp3) is 0.323. The molecule has 1 fully saturated rings. The van der Waals surface area contributed by atoms with Crippen molar-refractivity contribution in [3.63, 3.8) is 0 Å². The normalized spacial score (nSPS) is 19.1. The van der Waals surface area contributed by atoms with Crippen molar-refractivity contribution in [2.24, 2.45) is 5.92 Å². The van der Waals surface area contributed by atoms with Crippen molar-refractivity contribution in [3.8, 4) is 0 Å². The molecule has 0 saturated carbocycles. The van der Waals surface area contributed by atoms with Gasteiger partial charge >= 0.3 is 0 Å². The first-order valence-electron chi connectivity index (χ1n) is 13.3. The van der Waals surface area contributed by atoms with Gasteiger partial charge in [-0.25, -0.2) is 8.78 Å².